The minimum atomic E-state index is -4.30. The van der Waals surface area contributed by atoms with Gasteiger partial charge in [0, 0.05) is 0 Å². The lowest BCUT2D eigenvalue weighted by Gasteiger charge is -2.23. The van der Waals surface area contributed by atoms with Crippen LogP contribution in [0.25, 0.3) is 11.2 Å². The Labute approximate surface area is 212 Å². The molecule has 1 saturated heterocycles. The van der Waals surface area contributed by atoms with E-state index in [9.17, 15) is 25.3 Å². The zero-order valence-corrected chi connectivity index (χ0v) is 22.1. The lowest BCUT2D eigenvalue weighted by Crippen LogP contribution is -2.41. The van der Waals surface area contributed by atoms with Crippen LogP contribution in [0.3, 0.4) is 0 Å². The summed E-state index contributed by atoms with van der Waals surface area (Å²) >= 11 is 0. The van der Waals surface area contributed by atoms with Crippen LogP contribution in [-0.4, -0.2) is 82.2 Å². The largest absolute Gasteiger partial charge is 0.382 e. The molecule has 0 amide bonds. The maximum absolute atomic E-state index is 12.7. The lowest BCUT2D eigenvalue weighted by molar-refractivity contribution is -0.0418. The van der Waals surface area contributed by atoms with Crippen molar-refractivity contribution in [2.45, 2.75) is 36.4 Å². The van der Waals surface area contributed by atoms with Crippen molar-refractivity contribution in [1.82, 2.24) is 19.5 Å². The van der Waals surface area contributed by atoms with Crippen molar-refractivity contribution < 1.29 is 42.5 Å². The quantitative estimate of drug-likeness (QED) is 0.324. The topological polar surface area (TPSA) is 209 Å². The van der Waals surface area contributed by atoms with Crippen LogP contribution >= 0.6 is 0 Å². The summed E-state index contributed by atoms with van der Waals surface area (Å²) in [6, 6.07) is 5.82. The van der Waals surface area contributed by atoms with Gasteiger partial charge in [0.15, 0.2) is 23.8 Å². The van der Waals surface area contributed by atoms with Crippen molar-refractivity contribution in [2.24, 2.45) is 0 Å². The number of nitrogens with two attached hydrogens (primary N) is 1. The van der Waals surface area contributed by atoms with Crippen LogP contribution in [0.4, 0.5) is 5.82 Å². The van der Waals surface area contributed by atoms with E-state index in [1.165, 1.54) is 23.0 Å². The third-order valence-electron chi connectivity index (χ3n) is 5.22. The molecule has 15 nitrogen and oxygen atoms in total. The Morgan fingerprint density at radius 2 is 1.57 bits per heavy atom. The van der Waals surface area contributed by atoms with E-state index in [0.29, 0.717) is 0 Å². The predicted octanol–water partition coefficient (Wildman–Crippen LogP) is -0.291. The molecule has 1 aromatic carbocycles. The zero-order valence-electron chi connectivity index (χ0n) is 19.7. The molecule has 2 aromatic heterocycles. The molecule has 0 saturated carbocycles. The van der Waals surface area contributed by atoms with E-state index in [1.807, 2.05) is 0 Å². The molecule has 202 valence electrons. The second-order valence-corrected chi connectivity index (χ2v) is 13.0. The van der Waals surface area contributed by atoms with Gasteiger partial charge in [-0.2, -0.15) is 25.3 Å². The molecule has 0 spiro atoms. The van der Waals surface area contributed by atoms with Crippen LogP contribution in [0.15, 0.2) is 41.8 Å². The molecule has 0 bridgehead atoms. The van der Waals surface area contributed by atoms with Gasteiger partial charge in [-0.1, -0.05) is 17.7 Å². The number of rotatable bonds is 9. The van der Waals surface area contributed by atoms with Crippen molar-refractivity contribution in [3.8, 4) is 0 Å². The van der Waals surface area contributed by atoms with Gasteiger partial charge in [-0.3, -0.25) is 17.1 Å². The number of anilines is 1. The van der Waals surface area contributed by atoms with E-state index in [-0.39, 0.29) is 21.9 Å². The summed E-state index contributed by atoms with van der Waals surface area (Å²) in [5.74, 6) is 0.0235. The maximum Gasteiger partial charge on any atom is 0.297 e. The third-order valence-corrected chi connectivity index (χ3v) is 7.66. The van der Waals surface area contributed by atoms with Gasteiger partial charge in [0.1, 0.15) is 24.1 Å². The summed E-state index contributed by atoms with van der Waals surface area (Å²) in [7, 11) is -12.7. The van der Waals surface area contributed by atoms with Crippen LogP contribution in [0.1, 0.15) is 11.8 Å². The monoisotopic (exact) mass is 577 g/mol. The first-order valence-electron chi connectivity index (χ1n) is 10.5. The van der Waals surface area contributed by atoms with Gasteiger partial charge in [-0.25, -0.2) is 15.0 Å². The van der Waals surface area contributed by atoms with Crippen molar-refractivity contribution in [3.63, 3.8) is 0 Å². The molecule has 1 aliphatic heterocycles. The SMILES string of the molecule is Cc1ccc(S(=O)(=O)OC[C@H]2O[C@@H](n3cnc4c(N)ncnc43)[C@H](OS(C)(=O)=O)[C@@H]2OS(C)(=O)=O)cc1. The van der Waals surface area contributed by atoms with Crippen LogP contribution in [0.5, 0.6) is 0 Å². The van der Waals surface area contributed by atoms with Gasteiger partial charge in [0.25, 0.3) is 30.4 Å². The van der Waals surface area contributed by atoms with E-state index >= 15 is 0 Å². The Bertz CT molecular complexity index is 1620. The molecule has 1 fully saturated rings. The Balaban J connectivity index is 1.72. The van der Waals surface area contributed by atoms with Gasteiger partial charge < -0.3 is 10.5 Å². The van der Waals surface area contributed by atoms with Gasteiger partial charge in [-0.05, 0) is 19.1 Å². The summed E-state index contributed by atoms with van der Waals surface area (Å²) in [6.07, 6.45) is -2.24. The summed E-state index contributed by atoms with van der Waals surface area (Å²) in [6.45, 7) is 1.04. The highest BCUT2D eigenvalue weighted by Crippen LogP contribution is 2.37. The van der Waals surface area contributed by atoms with Gasteiger partial charge in [0.2, 0.25) is 0 Å². The molecule has 0 unspecified atom stereocenters. The van der Waals surface area contributed by atoms with Crippen molar-refractivity contribution in [1.29, 1.82) is 0 Å². The highest BCUT2D eigenvalue weighted by atomic mass is 32.2. The molecular weight excluding hydrogens is 554 g/mol. The van der Waals surface area contributed by atoms with Crippen LogP contribution < -0.4 is 5.73 Å². The minimum Gasteiger partial charge on any atom is -0.382 e. The normalized spacial score (nSPS) is 23.0. The number of ether oxygens (including phenoxy) is 1. The lowest BCUT2D eigenvalue weighted by atomic mass is 10.1. The number of aryl methyl sites for hydroxylation is 1. The zero-order chi connectivity index (χ0) is 27.2. The molecule has 2 N–H and O–H groups in total. The van der Waals surface area contributed by atoms with Crippen molar-refractivity contribution >= 4 is 47.3 Å². The Morgan fingerprint density at radius 3 is 2.19 bits per heavy atom. The number of hydrogen-bond donors (Lipinski definition) is 1. The fourth-order valence-corrected chi connectivity index (χ4v) is 5.84. The van der Waals surface area contributed by atoms with Gasteiger partial charge >= 0.3 is 0 Å². The molecule has 0 aliphatic carbocycles. The number of nitrogen functional groups attached to an aromatic ring is 1. The highest BCUT2D eigenvalue weighted by molar-refractivity contribution is 7.87. The number of benzene rings is 1. The number of hydrogen-bond acceptors (Lipinski definition) is 14. The maximum atomic E-state index is 12.7. The average molecular weight is 578 g/mol. The molecule has 3 aromatic rings. The molecule has 18 heteroatoms. The Morgan fingerprint density at radius 1 is 0.946 bits per heavy atom. The summed E-state index contributed by atoms with van der Waals surface area (Å²) in [4.78, 5) is 11.8. The Hall–Kier alpha value is -2.74. The number of nitrogens with zero attached hydrogens (tertiary/aromatic N) is 4. The van der Waals surface area contributed by atoms with E-state index < -0.39 is 61.5 Å². The summed E-state index contributed by atoms with van der Waals surface area (Å²) < 4.78 is 96.2. The molecule has 37 heavy (non-hydrogen) atoms. The fourth-order valence-electron chi connectivity index (χ4n) is 3.67. The highest BCUT2D eigenvalue weighted by Gasteiger charge is 2.51. The smallest absolute Gasteiger partial charge is 0.297 e. The summed E-state index contributed by atoms with van der Waals surface area (Å²) in [5, 5.41) is 0. The first kappa shape index (κ1) is 27.3. The molecule has 1 aliphatic rings. The molecule has 0 radical (unpaired) electrons. The minimum absolute atomic E-state index is 0.0235. The molecule has 4 atom stereocenters. The van der Waals surface area contributed by atoms with Gasteiger partial charge in [0.05, 0.1) is 30.3 Å². The molecular formula is C19H23N5O10S3. The van der Waals surface area contributed by atoms with Crippen molar-refractivity contribution in [2.75, 3.05) is 24.9 Å². The molecule has 4 rings (SSSR count). The van der Waals surface area contributed by atoms with Crippen LogP contribution in [0, 0.1) is 6.92 Å². The number of imidazole rings is 1. The molecule has 3 heterocycles. The van der Waals surface area contributed by atoms with Gasteiger partial charge in [-0.15, -0.1) is 0 Å². The van der Waals surface area contributed by atoms with E-state index in [4.69, 9.17) is 23.0 Å². The van der Waals surface area contributed by atoms with Crippen LogP contribution in [-0.2, 0) is 47.6 Å². The van der Waals surface area contributed by atoms with E-state index in [2.05, 4.69) is 15.0 Å². The third kappa shape index (κ3) is 6.22. The fraction of sp³-hybridized carbons (Fsp3) is 0.421. The van der Waals surface area contributed by atoms with Crippen LogP contribution in [0.2, 0.25) is 0 Å². The number of aromatic nitrogens is 4. The number of fused-ring (bicyclic) bond motifs is 1. The standard InChI is InChI=1S/C19H23N5O10S3/c1-11-4-6-12(7-5-11)37(29,30)31-8-13-15(33-35(2,25)26)16(34-36(3,27)28)19(32-13)24-10-23-14-17(20)21-9-22-18(14)24/h4-7,9-10,13,15-16,19H,8H2,1-3H3,(H2,20,21,22)/t13-,15-,16-,19-/m1/s1. The first-order chi connectivity index (χ1) is 17.1. The van der Waals surface area contributed by atoms with E-state index in [0.717, 1.165) is 24.4 Å². The second-order valence-electron chi connectivity index (χ2n) is 8.23. The Kier molecular flexibility index (Phi) is 7.27. The average Bonchev–Trinajstić information content (AvgIpc) is 3.33. The van der Waals surface area contributed by atoms with Crippen molar-refractivity contribution in [3.05, 3.63) is 42.5 Å². The van der Waals surface area contributed by atoms with E-state index in [1.54, 1.807) is 19.1 Å². The summed E-state index contributed by atoms with van der Waals surface area (Å²) in [5.41, 5.74) is 6.91. The first-order valence-corrected chi connectivity index (χ1v) is 15.5. The predicted molar refractivity (Wildman–Crippen MR) is 127 cm³/mol. The second kappa shape index (κ2) is 9.86.